The van der Waals surface area contributed by atoms with Gasteiger partial charge in [-0.05, 0) is 52.9 Å². The van der Waals surface area contributed by atoms with Crippen LogP contribution in [0.1, 0.15) is 32.4 Å². The van der Waals surface area contributed by atoms with E-state index in [1.807, 2.05) is 6.20 Å². The molecule has 16 heavy (non-hydrogen) atoms. The van der Waals surface area contributed by atoms with Gasteiger partial charge in [0.05, 0.1) is 0 Å². The molecule has 0 radical (unpaired) electrons. The van der Waals surface area contributed by atoms with Gasteiger partial charge in [-0.15, -0.1) is 0 Å². The lowest BCUT2D eigenvalue weighted by Gasteiger charge is -2.24. The van der Waals surface area contributed by atoms with Crippen LogP contribution in [0.5, 0.6) is 0 Å². The van der Waals surface area contributed by atoms with Gasteiger partial charge >= 0.3 is 0 Å². The summed E-state index contributed by atoms with van der Waals surface area (Å²) in [5, 5.41) is 3.60. The van der Waals surface area contributed by atoms with Crippen LogP contribution in [0.4, 0.5) is 0 Å². The molecule has 0 saturated heterocycles. The first-order valence-corrected chi connectivity index (χ1v) is 6.77. The van der Waals surface area contributed by atoms with Crippen LogP contribution >= 0.6 is 15.9 Å². The monoisotopic (exact) mass is 282 g/mol. The topological polar surface area (TPSA) is 24.9 Å². The summed E-state index contributed by atoms with van der Waals surface area (Å²) in [6.07, 6.45) is 5.62. The normalized spacial score (nSPS) is 19.4. The number of likely N-dealkylation sites (N-methyl/N-ethyl adjacent to an activating group) is 1. The molecule has 88 valence electrons. The highest BCUT2D eigenvalue weighted by molar-refractivity contribution is 9.10. The number of hydrogen-bond donors (Lipinski definition) is 1. The lowest BCUT2D eigenvalue weighted by molar-refractivity contribution is 0.358. The third-order valence-corrected chi connectivity index (χ3v) is 4.00. The number of rotatable bonds is 5. The molecule has 1 heterocycles. The number of pyridine rings is 1. The largest absolute Gasteiger partial charge is 0.313 e. The molecule has 0 aliphatic heterocycles. The third kappa shape index (κ3) is 2.83. The standard InChI is InChI=1S/C13H19BrN2/c1-3-15-12(13(2)6-7-13)8-11-5-4-10(14)9-16-11/h4-5,9,12,15H,3,6-8H2,1-2H3. The molecule has 1 N–H and O–H groups in total. The van der Waals surface area contributed by atoms with Crippen LogP contribution in [0.25, 0.3) is 0 Å². The van der Waals surface area contributed by atoms with E-state index in [0.29, 0.717) is 11.5 Å². The molecule has 1 fully saturated rings. The first kappa shape index (κ1) is 12.1. The smallest absolute Gasteiger partial charge is 0.0420 e. The van der Waals surface area contributed by atoms with Crippen molar-refractivity contribution in [1.29, 1.82) is 0 Å². The van der Waals surface area contributed by atoms with Crippen molar-refractivity contribution in [1.82, 2.24) is 10.3 Å². The second-order valence-electron chi connectivity index (χ2n) is 4.94. The summed E-state index contributed by atoms with van der Waals surface area (Å²) in [6, 6.07) is 4.76. The molecule has 1 saturated carbocycles. The average molecular weight is 283 g/mol. The summed E-state index contributed by atoms with van der Waals surface area (Å²) in [6.45, 7) is 5.59. The Morgan fingerprint density at radius 3 is 2.75 bits per heavy atom. The van der Waals surface area contributed by atoms with Crippen molar-refractivity contribution >= 4 is 15.9 Å². The maximum absolute atomic E-state index is 4.45. The molecule has 1 aromatic rings. The minimum Gasteiger partial charge on any atom is -0.313 e. The highest BCUT2D eigenvalue weighted by Gasteiger charge is 2.44. The lowest BCUT2D eigenvalue weighted by Crippen LogP contribution is -2.38. The second kappa shape index (κ2) is 4.84. The number of nitrogens with one attached hydrogen (secondary N) is 1. The van der Waals surface area contributed by atoms with Crippen molar-refractivity contribution in [2.75, 3.05) is 6.54 Å². The molecular weight excluding hydrogens is 264 g/mol. The maximum Gasteiger partial charge on any atom is 0.0420 e. The van der Waals surface area contributed by atoms with E-state index in [1.165, 1.54) is 18.5 Å². The first-order valence-electron chi connectivity index (χ1n) is 5.98. The lowest BCUT2D eigenvalue weighted by atomic mass is 9.94. The quantitative estimate of drug-likeness (QED) is 0.897. The van der Waals surface area contributed by atoms with Crippen molar-refractivity contribution in [3.8, 4) is 0 Å². The van der Waals surface area contributed by atoms with Gasteiger partial charge in [0.25, 0.3) is 0 Å². The van der Waals surface area contributed by atoms with Crippen LogP contribution in [0.15, 0.2) is 22.8 Å². The van der Waals surface area contributed by atoms with Crippen molar-refractivity contribution in [2.45, 2.75) is 39.2 Å². The molecule has 2 rings (SSSR count). The molecule has 0 aromatic carbocycles. The first-order chi connectivity index (χ1) is 7.64. The van der Waals surface area contributed by atoms with E-state index in [-0.39, 0.29) is 0 Å². The molecular formula is C13H19BrN2. The fraction of sp³-hybridized carbons (Fsp3) is 0.615. The Labute approximate surface area is 106 Å². The molecule has 3 heteroatoms. The zero-order valence-electron chi connectivity index (χ0n) is 9.96. The Morgan fingerprint density at radius 2 is 2.25 bits per heavy atom. The zero-order valence-corrected chi connectivity index (χ0v) is 11.5. The Kier molecular flexibility index (Phi) is 3.65. The van der Waals surface area contributed by atoms with E-state index in [1.54, 1.807) is 0 Å². The van der Waals surface area contributed by atoms with Crippen LogP contribution < -0.4 is 5.32 Å². The van der Waals surface area contributed by atoms with E-state index in [9.17, 15) is 0 Å². The summed E-state index contributed by atoms with van der Waals surface area (Å²) in [5.41, 5.74) is 1.69. The van der Waals surface area contributed by atoms with E-state index in [2.05, 4.69) is 52.2 Å². The van der Waals surface area contributed by atoms with Crippen molar-refractivity contribution < 1.29 is 0 Å². The molecule has 1 atom stereocenters. The maximum atomic E-state index is 4.45. The Balaban J connectivity index is 2.02. The molecule has 1 unspecified atom stereocenters. The van der Waals surface area contributed by atoms with Gasteiger partial charge in [-0.1, -0.05) is 13.8 Å². The summed E-state index contributed by atoms with van der Waals surface area (Å²) in [4.78, 5) is 4.45. The molecule has 1 aliphatic carbocycles. The molecule has 1 aliphatic rings. The highest BCUT2D eigenvalue weighted by atomic mass is 79.9. The van der Waals surface area contributed by atoms with Crippen molar-refractivity contribution in [3.63, 3.8) is 0 Å². The number of nitrogens with zero attached hydrogens (tertiary/aromatic N) is 1. The van der Waals surface area contributed by atoms with Gasteiger partial charge in [0.1, 0.15) is 0 Å². The summed E-state index contributed by atoms with van der Waals surface area (Å²) < 4.78 is 1.05. The van der Waals surface area contributed by atoms with E-state index in [4.69, 9.17) is 0 Å². The van der Waals surface area contributed by atoms with Crippen LogP contribution in [0.3, 0.4) is 0 Å². The molecule has 2 nitrogen and oxygen atoms in total. The van der Waals surface area contributed by atoms with Crippen LogP contribution in [0, 0.1) is 5.41 Å². The number of aromatic nitrogens is 1. The van der Waals surface area contributed by atoms with Gasteiger partial charge in [-0.25, -0.2) is 0 Å². The summed E-state index contributed by atoms with van der Waals surface area (Å²) >= 11 is 3.42. The molecule has 0 spiro atoms. The van der Waals surface area contributed by atoms with Crippen LogP contribution in [-0.2, 0) is 6.42 Å². The SMILES string of the molecule is CCNC(Cc1ccc(Br)cn1)C1(C)CC1. The summed E-state index contributed by atoms with van der Waals surface area (Å²) in [7, 11) is 0. The van der Waals surface area contributed by atoms with Gasteiger partial charge in [-0.3, -0.25) is 4.98 Å². The fourth-order valence-electron chi connectivity index (χ4n) is 2.09. The van der Waals surface area contributed by atoms with Crippen LogP contribution in [0.2, 0.25) is 0 Å². The van der Waals surface area contributed by atoms with Gasteiger partial charge in [0, 0.05) is 28.8 Å². The minimum atomic E-state index is 0.505. The zero-order chi connectivity index (χ0) is 11.6. The Hall–Kier alpha value is -0.410. The van der Waals surface area contributed by atoms with E-state index in [0.717, 1.165) is 17.4 Å². The highest BCUT2D eigenvalue weighted by Crippen LogP contribution is 2.48. The van der Waals surface area contributed by atoms with Gasteiger partial charge in [-0.2, -0.15) is 0 Å². The Bertz CT molecular complexity index is 343. The van der Waals surface area contributed by atoms with Crippen molar-refractivity contribution in [2.24, 2.45) is 5.41 Å². The average Bonchev–Trinajstić information content (AvgIpc) is 3.00. The predicted molar refractivity (Wildman–Crippen MR) is 70.4 cm³/mol. The van der Waals surface area contributed by atoms with Crippen LogP contribution in [-0.4, -0.2) is 17.6 Å². The molecule has 0 bridgehead atoms. The minimum absolute atomic E-state index is 0.505. The van der Waals surface area contributed by atoms with Crippen molar-refractivity contribution in [3.05, 3.63) is 28.5 Å². The predicted octanol–water partition coefficient (Wildman–Crippen LogP) is 3.16. The molecule has 1 aromatic heterocycles. The van der Waals surface area contributed by atoms with Gasteiger partial charge in [0.2, 0.25) is 0 Å². The number of halogens is 1. The van der Waals surface area contributed by atoms with E-state index >= 15 is 0 Å². The van der Waals surface area contributed by atoms with Gasteiger partial charge in [0.15, 0.2) is 0 Å². The van der Waals surface area contributed by atoms with E-state index < -0.39 is 0 Å². The number of hydrogen-bond acceptors (Lipinski definition) is 2. The Morgan fingerprint density at radius 1 is 1.50 bits per heavy atom. The second-order valence-corrected chi connectivity index (χ2v) is 5.85. The van der Waals surface area contributed by atoms with Gasteiger partial charge < -0.3 is 5.32 Å². The summed E-state index contributed by atoms with van der Waals surface area (Å²) in [5.74, 6) is 0. The molecule has 0 amide bonds. The third-order valence-electron chi connectivity index (χ3n) is 3.53. The fourth-order valence-corrected chi connectivity index (χ4v) is 2.33.